The van der Waals surface area contributed by atoms with Gasteiger partial charge in [0.05, 0.1) is 20.3 Å². The van der Waals surface area contributed by atoms with Crippen molar-refractivity contribution in [3.05, 3.63) is 59.9 Å². The van der Waals surface area contributed by atoms with Crippen molar-refractivity contribution in [2.75, 3.05) is 27.3 Å². The zero-order chi connectivity index (χ0) is 24.7. The lowest BCUT2D eigenvalue weighted by molar-refractivity contribution is -0.139. The average Bonchev–Trinajstić information content (AvgIpc) is 3.58. The maximum Gasteiger partial charge on any atom is 0.325 e. The molecule has 2 unspecified atom stereocenters. The van der Waals surface area contributed by atoms with Gasteiger partial charge in [0.25, 0.3) is 5.91 Å². The van der Waals surface area contributed by atoms with Crippen LogP contribution >= 0.6 is 0 Å². The molecule has 1 N–H and O–H groups in total. The number of furan rings is 1. The number of nitrogens with one attached hydrogen (secondary N) is 1. The molecule has 2 aromatic carbocycles. The number of amides is 4. The maximum atomic E-state index is 13.4. The van der Waals surface area contributed by atoms with Crippen LogP contribution in [0, 0.1) is 0 Å². The molecule has 0 saturated carbocycles. The molecule has 0 aliphatic carbocycles. The smallest absolute Gasteiger partial charge is 0.325 e. The molecular weight excluding hydrogens is 450 g/mol. The second kappa shape index (κ2) is 8.65. The first kappa shape index (κ1) is 22.8. The Bertz CT molecular complexity index is 1280. The van der Waals surface area contributed by atoms with E-state index >= 15 is 0 Å². The summed E-state index contributed by atoms with van der Waals surface area (Å²) < 4.78 is 16.7. The highest BCUT2D eigenvalue weighted by Gasteiger charge is 2.52. The number of ether oxygens (including phenoxy) is 2. The largest absolute Gasteiger partial charge is 0.497 e. The molecule has 1 aromatic heterocycles. The SMILES string of the molecule is COc1ccc(OC)c(C2CCCN2C(=O)CN2C(=O)NC(C)(c3cc4ccccc4o3)C2=O)c1. The van der Waals surface area contributed by atoms with E-state index in [0.717, 1.165) is 28.7 Å². The molecule has 2 atom stereocenters. The summed E-state index contributed by atoms with van der Waals surface area (Å²) in [6.45, 7) is 1.76. The molecule has 3 aromatic rings. The number of nitrogens with zero attached hydrogens (tertiary/aromatic N) is 2. The molecule has 2 aliphatic rings. The first-order chi connectivity index (χ1) is 16.9. The predicted octanol–water partition coefficient (Wildman–Crippen LogP) is 3.58. The van der Waals surface area contributed by atoms with Crippen LogP contribution in [-0.2, 0) is 15.1 Å². The summed E-state index contributed by atoms with van der Waals surface area (Å²) in [6.07, 6.45) is 1.54. The van der Waals surface area contributed by atoms with E-state index in [-0.39, 0.29) is 18.5 Å². The zero-order valence-electron chi connectivity index (χ0n) is 19.9. The van der Waals surface area contributed by atoms with Crippen LogP contribution in [0.3, 0.4) is 0 Å². The molecule has 2 aliphatic heterocycles. The van der Waals surface area contributed by atoms with Crippen LogP contribution in [0.4, 0.5) is 4.79 Å². The highest BCUT2D eigenvalue weighted by atomic mass is 16.5. The van der Waals surface area contributed by atoms with Crippen molar-refractivity contribution < 1.29 is 28.3 Å². The molecule has 182 valence electrons. The van der Waals surface area contributed by atoms with Crippen LogP contribution < -0.4 is 14.8 Å². The fourth-order valence-corrected chi connectivity index (χ4v) is 4.95. The maximum absolute atomic E-state index is 13.4. The summed E-state index contributed by atoms with van der Waals surface area (Å²) in [5.41, 5.74) is 0.0612. The molecule has 0 radical (unpaired) electrons. The molecular formula is C26H27N3O6. The van der Waals surface area contributed by atoms with Gasteiger partial charge in [0.1, 0.15) is 29.4 Å². The molecule has 9 nitrogen and oxygen atoms in total. The first-order valence-electron chi connectivity index (χ1n) is 11.5. The number of methoxy groups -OCH3 is 2. The molecule has 2 saturated heterocycles. The Morgan fingerprint density at radius 3 is 2.69 bits per heavy atom. The monoisotopic (exact) mass is 477 g/mol. The van der Waals surface area contributed by atoms with E-state index in [2.05, 4.69) is 5.32 Å². The van der Waals surface area contributed by atoms with Crippen LogP contribution in [0.15, 0.2) is 52.9 Å². The summed E-state index contributed by atoms with van der Waals surface area (Å²) in [5, 5.41) is 3.54. The van der Waals surface area contributed by atoms with E-state index in [1.54, 1.807) is 44.2 Å². The predicted molar refractivity (Wildman–Crippen MR) is 127 cm³/mol. The summed E-state index contributed by atoms with van der Waals surface area (Å²) in [7, 11) is 3.17. The van der Waals surface area contributed by atoms with Crippen LogP contribution in [0.2, 0.25) is 0 Å². The molecule has 0 spiro atoms. The van der Waals surface area contributed by atoms with Crippen molar-refractivity contribution in [1.29, 1.82) is 0 Å². The van der Waals surface area contributed by atoms with Crippen LogP contribution in [0.1, 0.15) is 37.1 Å². The van der Waals surface area contributed by atoms with Crippen molar-refractivity contribution in [2.45, 2.75) is 31.3 Å². The van der Waals surface area contributed by atoms with Gasteiger partial charge < -0.3 is 24.1 Å². The topological polar surface area (TPSA) is 101 Å². The molecule has 4 amide bonds. The molecule has 0 bridgehead atoms. The van der Waals surface area contributed by atoms with Gasteiger partial charge in [-0.2, -0.15) is 0 Å². The van der Waals surface area contributed by atoms with Crippen molar-refractivity contribution in [3.63, 3.8) is 0 Å². The number of hydrogen-bond acceptors (Lipinski definition) is 6. The fourth-order valence-electron chi connectivity index (χ4n) is 4.95. The summed E-state index contributed by atoms with van der Waals surface area (Å²) in [5.74, 6) is 0.810. The lowest BCUT2D eigenvalue weighted by atomic mass is 9.99. The van der Waals surface area contributed by atoms with E-state index in [0.29, 0.717) is 29.4 Å². The summed E-state index contributed by atoms with van der Waals surface area (Å²) in [6, 6.07) is 13.7. The van der Waals surface area contributed by atoms with Gasteiger partial charge in [-0.25, -0.2) is 4.79 Å². The number of likely N-dealkylation sites (tertiary alicyclic amines) is 1. The van der Waals surface area contributed by atoms with Gasteiger partial charge in [-0.05, 0) is 50.1 Å². The van der Waals surface area contributed by atoms with E-state index in [1.807, 2.05) is 30.3 Å². The Labute approximate surface area is 202 Å². The van der Waals surface area contributed by atoms with Crippen molar-refractivity contribution >= 4 is 28.8 Å². The lowest BCUT2D eigenvalue weighted by Crippen LogP contribution is -2.44. The second-order valence-electron chi connectivity index (χ2n) is 8.95. The Morgan fingerprint density at radius 1 is 1.14 bits per heavy atom. The number of rotatable bonds is 6. The van der Waals surface area contributed by atoms with Gasteiger partial charge in [-0.15, -0.1) is 0 Å². The number of benzene rings is 2. The highest BCUT2D eigenvalue weighted by Crippen LogP contribution is 2.39. The number of imide groups is 1. The third-order valence-electron chi connectivity index (χ3n) is 6.86. The fraction of sp³-hybridized carbons (Fsp3) is 0.346. The van der Waals surface area contributed by atoms with Crippen molar-refractivity contribution in [1.82, 2.24) is 15.1 Å². The minimum Gasteiger partial charge on any atom is -0.497 e. The number of carbonyl (C=O) groups excluding carboxylic acids is 3. The van der Waals surface area contributed by atoms with Crippen molar-refractivity contribution in [2.24, 2.45) is 0 Å². The average molecular weight is 478 g/mol. The van der Waals surface area contributed by atoms with Crippen LogP contribution in [0.25, 0.3) is 11.0 Å². The highest BCUT2D eigenvalue weighted by molar-refractivity contribution is 6.09. The first-order valence-corrected chi connectivity index (χ1v) is 11.5. The number of hydrogen-bond donors (Lipinski definition) is 1. The second-order valence-corrected chi connectivity index (χ2v) is 8.95. The summed E-state index contributed by atoms with van der Waals surface area (Å²) >= 11 is 0. The van der Waals surface area contributed by atoms with Crippen molar-refractivity contribution in [3.8, 4) is 11.5 Å². The van der Waals surface area contributed by atoms with Gasteiger partial charge in [0, 0.05) is 17.5 Å². The van der Waals surface area contributed by atoms with Gasteiger partial charge in [0.15, 0.2) is 5.54 Å². The molecule has 35 heavy (non-hydrogen) atoms. The number of urea groups is 1. The minimum atomic E-state index is -1.39. The van der Waals surface area contributed by atoms with E-state index in [9.17, 15) is 14.4 Å². The quantitative estimate of drug-likeness (QED) is 0.545. The van der Waals surface area contributed by atoms with E-state index in [1.165, 1.54) is 0 Å². The Morgan fingerprint density at radius 2 is 1.94 bits per heavy atom. The normalized spacial score (nSPS) is 22.1. The van der Waals surface area contributed by atoms with E-state index in [4.69, 9.17) is 13.9 Å². The molecule has 3 heterocycles. The lowest BCUT2D eigenvalue weighted by Gasteiger charge is -2.28. The third kappa shape index (κ3) is 3.77. The molecule has 5 rings (SSSR count). The Balaban J connectivity index is 1.38. The zero-order valence-corrected chi connectivity index (χ0v) is 19.9. The molecule has 9 heteroatoms. The van der Waals surface area contributed by atoms with Gasteiger partial charge in [-0.1, -0.05) is 18.2 Å². The Hall–Kier alpha value is -4.01. The van der Waals surface area contributed by atoms with Crippen LogP contribution in [0.5, 0.6) is 11.5 Å². The van der Waals surface area contributed by atoms with E-state index < -0.39 is 17.5 Å². The van der Waals surface area contributed by atoms with Crippen LogP contribution in [-0.4, -0.2) is 55.0 Å². The van der Waals surface area contributed by atoms with Gasteiger partial charge in [0.2, 0.25) is 5.91 Å². The third-order valence-corrected chi connectivity index (χ3v) is 6.86. The number of para-hydroxylation sites is 1. The van der Waals surface area contributed by atoms with Gasteiger partial charge in [-0.3, -0.25) is 14.5 Å². The number of fused-ring (bicyclic) bond motifs is 1. The number of carbonyl (C=O) groups is 3. The standard InChI is InChI=1S/C26H27N3O6/c1-26(22-13-16-7-4-5-9-20(16)35-22)24(31)29(25(32)27-26)15-23(30)28-12-6-8-19(28)18-14-17(33-2)10-11-21(18)34-3/h4-5,7,9-11,13-14,19H,6,8,12,15H2,1-3H3,(H,27,32). The summed E-state index contributed by atoms with van der Waals surface area (Å²) in [4.78, 5) is 42.2. The minimum absolute atomic E-state index is 0.241. The van der Waals surface area contributed by atoms with Gasteiger partial charge >= 0.3 is 6.03 Å². The molecule has 2 fully saturated rings. The Kier molecular flexibility index (Phi) is 5.62.